The summed E-state index contributed by atoms with van der Waals surface area (Å²) in [7, 11) is -3.90. The summed E-state index contributed by atoms with van der Waals surface area (Å²) in [6.45, 7) is 9.63. The molecule has 0 aliphatic heterocycles. The van der Waals surface area contributed by atoms with Gasteiger partial charge in [0.05, 0.1) is 31.1 Å². The molecule has 0 radical (unpaired) electrons. The summed E-state index contributed by atoms with van der Waals surface area (Å²) in [5.41, 5.74) is 3.80. The molecule has 0 atom stereocenters. The van der Waals surface area contributed by atoms with E-state index < -0.39 is 45.7 Å². The molecule has 0 spiro atoms. The van der Waals surface area contributed by atoms with E-state index >= 15 is 0 Å². The Morgan fingerprint density at radius 2 is 1.54 bits per heavy atom. The summed E-state index contributed by atoms with van der Waals surface area (Å²) < 4.78 is 44.7. The molecule has 12 nitrogen and oxygen atoms in total. The van der Waals surface area contributed by atoms with Crippen molar-refractivity contribution in [1.29, 1.82) is 0 Å². The maximum Gasteiger partial charge on any atom is 0.510 e. The third kappa shape index (κ3) is 13.8. The Balaban J connectivity index is 1.98. The van der Waals surface area contributed by atoms with Gasteiger partial charge in [-0.05, 0) is 53.0 Å². The third-order valence-electron chi connectivity index (χ3n) is 5.45. The van der Waals surface area contributed by atoms with Crippen LogP contribution < -0.4 is 0 Å². The second kappa shape index (κ2) is 17.6. The average molecular weight is 596 g/mol. The van der Waals surface area contributed by atoms with Crippen LogP contribution in [0.4, 0.5) is 9.59 Å². The highest BCUT2D eigenvalue weighted by molar-refractivity contribution is 7.54. The minimum atomic E-state index is -3.90. The molecule has 41 heavy (non-hydrogen) atoms. The van der Waals surface area contributed by atoms with Crippen LogP contribution in [-0.2, 0) is 45.5 Å². The first-order valence-electron chi connectivity index (χ1n) is 13.7. The van der Waals surface area contributed by atoms with Gasteiger partial charge in [-0.1, -0.05) is 60.9 Å². The van der Waals surface area contributed by atoms with Gasteiger partial charge in [-0.2, -0.15) is 0 Å². The second-order valence-corrected chi connectivity index (χ2v) is 12.0. The SMILES string of the molecule is CCCCCc1ccc(-c2cn(C/C(C)=C/CP(=O)(OCOC(=O)OC(C)C)OCOC(=O)OC(C)C)nn2)cc1. The van der Waals surface area contributed by atoms with Crippen LogP contribution in [-0.4, -0.2) is 59.3 Å². The van der Waals surface area contributed by atoms with Crippen molar-refractivity contribution in [3.8, 4) is 11.3 Å². The van der Waals surface area contributed by atoms with Gasteiger partial charge in [0.1, 0.15) is 5.69 Å². The monoisotopic (exact) mass is 595 g/mol. The highest BCUT2D eigenvalue weighted by Crippen LogP contribution is 2.48. The molecule has 0 N–H and O–H groups in total. The Hall–Kier alpha value is -3.21. The zero-order valence-corrected chi connectivity index (χ0v) is 25.6. The lowest BCUT2D eigenvalue weighted by Gasteiger charge is -2.18. The van der Waals surface area contributed by atoms with Gasteiger partial charge < -0.3 is 18.9 Å². The van der Waals surface area contributed by atoms with E-state index in [9.17, 15) is 14.2 Å². The van der Waals surface area contributed by atoms with Crippen molar-refractivity contribution in [3.63, 3.8) is 0 Å². The molecule has 1 aromatic carbocycles. The molecule has 0 saturated carbocycles. The molecular formula is C28H42N3O9P. The van der Waals surface area contributed by atoms with Crippen molar-refractivity contribution >= 4 is 19.9 Å². The first-order chi connectivity index (χ1) is 19.5. The van der Waals surface area contributed by atoms with Gasteiger partial charge in [0, 0.05) is 5.56 Å². The van der Waals surface area contributed by atoms with E-state index in [0.29, 0.717) is 6.54 Å². The summed E-state index contributed by atoms with van der Waals surface area (Å²) in [4.78, 5) is 23.2. The average Bonchev–Trinajstić information content (AvgIpc) is 3.35. The summed E-state index contributed by atoms with van der Waals surface area (Å²) in [5.74, 6) is 0. The van der Waals surface area contributed by atoms with Crippen LogP contribution in [0, 0.1) is 0 Å². The van der Waals surface area contributed by atoms with Crippen LogP contribution in [0.25, 0.3) is 11.3 Å². The molecule has 0 aliphatic carbocycles. The molecule has 0 bridgehead atoms. The van der Waals surface area contributed by atoms with E-state index in [4.69, 9.17) is 28.0 Å². The predicted octanol–water partition coefficient (Wildman–Crippen LogP) is 6.89. The van der Waals surface area contributed by atoms with Gasteiger partial charge in [0.25, 0.3) is 0 Å². The Morgan fingerprint density at radius 3 is 2.07 bits per heavy atom. The second-order valence-electron chi connectivity index (χ2n) is 9.92. The van der Waals surface area contributed by atoms with E-state index in [1.165, 1.54) is 24.8 Å². The van der Waals surface area contributed by atoms with Crippen molar-refractivity contribution in [3.05, 3.63) is 47.7 Å². The van der Waals surface area contributed by atoms with Crippen molar-refractivity contribution in [2.24, 2.45) is 0 Å². The number of aryl methyl sites for hydroxylation is 1. The van der Waals surface area contributed by atoms with Crippen LogP contribution >= 0.6 is 7.60 Å². The highest BCUT2D eigenvalue weighted by atomic mass is 31.2. The molecule has 13 heteroatoms. The smallest absolute Gasteiger partial charge is 0.432 e. The van der Waals surface area contributed by atoms with Crippen molar-refractivity contribution in [2.75, 3.05) is 19.7 Å². The Morgan fingerprint density at radius 1 is 0.951 bits per heavy atom. The number of unbranched alkanes of at least 4 members (excludes halogenated alkanes) is 2. The number of rotatable bonds is 17. The third-order valence-corrected chi connectivity index (χ3v) is 7.08. The maximum absolute atomic E-state index is 13.3. The Labute approximate surface area is 241 Å². The fourth-order valence-corrected chi connectivity index (χ4v) is 4.67. The lowest BCUT2D eigenvalue weighted by atomic mass is 10.0. The molecule has 0 fully saturated rings. The summed E-state index contributed by atoms with van der Waals surface area (Å²) >= 11 is 0. The minimum absolute atomic E-state index is 0.189. The van der Waals surface area contributed by atoms with Crippen molar-refractivity contribution in [1.82, 2.24) is 15.0 Å². The summed E-state index contributed by atoms with van der Waals surface area (Å²) in [6.07, 6.45) is 5.17. The Kier molecular flexibility index (Phi) is 14.6. The van der Waals surface area contributed by atoms with Gasteiger partial charge in [-0.3, -0.25) is 13.6 Å². The molecule has 0 aliphatic rings. The summed E-state index contributed by atoms with van der Waals surface area (Å²) in [5, 5.41) is 8.47. The van der Waals surface area contributed by atoms with E-state index in [-0.39, 0.29) is 6.16 Å². The number of nitrogens with zero attached hydrogens (tertiary/aromatic N) is 3. The molecule has 228 valence electrons. The largest absolute Gasteiger partial charge is 0.510 e. The van der Waals surface area contributed by atoms with Crippen LogP contribution in [0.2, 0.25) is 0 Å². The van der Waals surface area contributed by atoms with Gasteiger partial charge >= 0.3 is 19.9 Å². The van der Waals surface area contributed by atoms with E-state index in [1.807, 2.05) is 25.3 Å². The van der Waals surface area contributed by atoms with Crippen molar-refractivity contribution < 1.29 is 42.1 Å². The van der Waals surface area contributed by atoms with Crippen molar-refractivity contribution in [2.45, 2.75) is 86.0 Å². The zero-order chi connectivity index (χ0) is 30.3. The first kappa shape index (κ1) is 34.0. The molecule has 1 heterocycles. The number of hydrogen-bond acceptors (Lipinski definition) is 11. The lowest BCUT2D eigenvalue weighted by molar-refractivity contribution is -0.0298. The number of ether oxygens (including phenoxy) is 4. The number of hydrogen-bond donors (Lipinski definition) is 0. The molecule has 2 rings (SSSR count). The van der Waals surface area contributed by atoms with E-state index in [1.54, 1.807) is 38.5 Å². The maximum atomic E-state index is 13.3. The zero-order valence-electron chi connectivity index (χ0n) is 24.7. The molecule has 0 saturated heterocycles. The standard InChI is InChI=1S/C28H42N3O9P/c1-7-8-9-10-24-11-13-25(14-12-24)26-18-31(30-29-26)17-23(6)15-16-41(34,37-19-35-27(32)39-21(2)3)38-20-36-28(33)40-22(4)5/h11-15,18,21-22H,7-10,16-17,19-20H2,1-6H3/b23-15+. The fourth-order valence-electron chi connectivity index (χ4n) is 3.42. The Bertz CT molecular complexity index is 1130. The number of allylic oxidation sites excluding steroid dienone is 2. The molecule has 1 aromatic heterocycles. The molecule has 0 amide bonds. The fraction of sp³-hybridized carbons (Fsp3) is 0.571. The first-order valence-corrected chi connectivity index (χ1v) is 15.4. The van der Waals surface area contributed by atoms with E-state index in [0.717, 1.165) is 23.3 Å². The van der Waals surface area contributed by atoms with Crippen LogP contribution in [0.15, 0.2) is 42.1 Å². The highest BCUT2D eigenvalue weighted by Gasteiger charge is 2.26. The number of carbonyl (C=O) groups is 2. The van der Waals surface area contributed by atoms with Gasteiger partial charge in [-0.25, -0.2) is 14.3 Å². The number of aromatic nitrogens is 3. The minimum Gasteiger partial charge on any atom is -0.432 e. The van der Waals surface area contributed by atoms with Gasteiger partial charge in [0.2, 0.25) is 13.6 Å². The van der Waals surface area contributed by atoms with E-state index in [2.05, 4.69) is 29.4 Å². The lowest BCUT2D eigenvalue weighted by Crippen LogP contribution is -2.16. The topological polar surface area (TPSA) is 137 Å². The normalized spacial score (nSPS) is 12.0. The van der Waals surface area contributed by atoms with Crippen LogP contribution in [0.3, 0.4) is 0 Å². The van der Waals surface area contributed by atoms with Crippen LogP contribution in [0.5, 0.6) is 0 Å². The molecular weight excluding hydrogens is 553 g/mol. The van der Waals surface area contributed by atoms with Gasteiger partial charge in [-0.15, -0.1) is 5.10 Å². The number of carbonyl (C=O) groups excluding carboxylic acids is 2. The quantitative estimate of drug-likeness (QED) is 0.0621. The summed E-state index contributed by atoms with van der Waals surface area (Å²) in [6, 6.07) is 8.32. The van der Waals surface area contributed by atoms with Crippen LogP contribution in [0.1, 0.15) is 66.4 Å². The van der Waals surface area contributed by atoms with Gasteiger partial charge in [0.15, 0.2) is 0 Å². The predicted molar refractivity (Wildman–Crippen MR) is 152 cm³/mol. The molecule has 0 unspecified atom stereocenters. The molecule has 2 aromatic rings. The number of benzene rings is 1.